The van der Waals surface area contributed by atoms with E-state index in [1.54, 1.807) is 0 Å². The van der Waals surface area contributed by atoms with Crippen molar-refractivity contribution >= 4 is 11.7 Å². The van der Waals surface area contributed by atoms with E-state index < -0.39 is 11.7 Å². The van der Waals surface area contributed by atoms with Gasteiger partial charge < -0.3 is 15.0 Å². The number of ether oxygens (including phenoxy) is 1. The van der Waals surface area contributed by atoms with Crippen LogP contribution in [0.3, 0.4) is 0 Å². The van der Waals surface area contributed by atoms with Crippen LogP contribution in [0.25, 0.3) is 0 Å². The molecule has 1 saturated carbocycles. The Morgan fingerprint density at radius 1 is 1.14 bits per heavy atom. The summed E-state index contributed by atoms with van der Waals surface area (Å²) in [6.07, 6.45) is 5.16. The molecule has 1 aliphatic heterocycles. The van der Waals surface area contributed by atoms with E-state index in [-0.39, 0.29) is 11.8 Å². The van der Waals surface area contributed by atoms with Gasteiger partial charge in [0.2, 0.25) is 5.91 Å². The van der Waals surface area contributed by atoms with Gasteiger partial charge in [-0.25, -0.2) is 4.98 Å². The zero-order chi connectivity index (χ0) is 20.7. The van der Waals surface area contributed by atoms with Crippen molar-refractivity contribution in [2.45, 2.75) is 63.6 Å². The first kappa shape index (κ1) is 21.9. The molecule has 2 aliphatic rings. The molecule has 162 valence electrons. The largest absolute Gasteiger partial charge is 0.417 e. The maximum atomic E-state index is 12.6. The third kappa shape index (κ3) is 6.59. The van der Waals surface area contributed by atoms with E-state index in [9.17, 15) is 18.0 Å². The quantitative estimate of drug-likeness (QED) is 0.682. The number of anilines is 1. The first-order valence-corrected chi connectivity index (χ1v) is 10.6. The summed E-state index contributed by atoms with van der Waals surface area (Å²) >= 11 is 0. The first-order valence-electron chi connectivity index (χ1n) is 10.6. The number of pyridine rings is 1. The average Bonchev–Trinajstić information content (AvgIpc) is 2.74. The lowest BCUT2D eigenvalue weighted by Crippen LogP contribution is -2.41. The van der Waals surface area contributed by atoms with Crippen molar-refractivity contribution in [2.24, 2.45) is 5.92 Å². The van der Waals surface area contributed by atoms with Gasteiger partial charge in [0.05, 0.1) is 11.7 Å². The molecule has 1 aromatic rings. The van der Waals surface area contributed by atoms with E-state index in [0.717, 1.165) is 31.5 Å². The Balaban J connectivity index is 1.33. The zero-order valence-electron chi connectivity index (χ0n) is 16.7. The van der Waals surface area contributed by atoms with Crippen LogP contribution in [0, 0.1) is 5.92 Å². The Kier molecular flexibility index (Phi) is 7.75. The van der Waals surface area contributed by atoms with Crippen molar-refractivity contribution in [3.05, 3.63) is 23.9 Å². The number of carbonyl (C=O) groups is 1. The van der Waals surface area contributed by atoms with Crippen molar-refractivity contribution in [2.75, 3.05) is 31.1 Å². The minimum absolute atomic E-state index is 0.0556. The number of nitrogens with one attached hydrogen (secondary N) is 1. The van der Waals surface area contributed by atoms with Crippen LogP contribution in [0.5, 0.6) is 0 Å². The van der Waals surface area contributed by atoms with Gasteiger partial charge in [-0.1, -0.05) is 19.3 Å². The Bertz CT molecular complexity index is 638. The molecular formula is C21H30F3N3O2. The highest BCUT2D eigenvalue weighted by Crippen LogP contribution is 2.30. The van der Waals surface area contributed by atoms with Gasteiger partial charge in [-0.15, -0.1) is 0 Å². The summed E-state index contributed by atoms with van der Waals surface area (Å²) in [4.78, 5) is 18.2. The number of aromatic nitrogens is 1. The van der Waals surface area contributed by atoms with Gasteiger partial charge in [-0.3, -0.25) is 4.79 Å². The fourth-order valence-electron chi connectivity index (χ4n) is 4.02. The highest BCUT2D eigenvalue weighted by Gasteiger charge is 2.31. The number of alkyl halides is 3. The SMILES string of the molecule is O=C(NCCCOC1CCCCC1)C1CCN(c2ccc(C(F)(F)F)cn2)CC1. The zero-order valence-corrected chi connectivity index (χ0v) is 16.7. The average molecular weight is 413 g/mol. The van der Waals surface area contributed by atoms with Crippen LogP contribution in [0.2, 0.25) is 0 Å². The summed E-state index contributed by atoms with van der Waals surface area (Å²) in [6.45, 7) is 2.53. The first-order chi connectivity index (χ1) is 13.9. The number of hydrogen-bond acceptors (Lipinski definition) is 4. The summed E-state index contributed by atoms with van der Waals surface area (Å²) in [5.74, 6) is 0.527. The molecule has 0 radical (unpaired) electrons. The van der Waals surface area contributed by atoms with Gasteiger partial charge in [0.15, 0.2) is 0 Å². The van der Waals surface area contributed by atoms with Crippen LogP contribution in [0.15, 0.2) is 18.3 Å². The van der Waals surface area contributed by atoms with Crippen LogP contribution in [0.1, 0.15) is 56.9 Å². The second-order valence-electron chi connectivity index (χ2n) is 7.94. The fraction of sp³-hybridized carbons (Fsp3) is 0.714. The smallest absolute Gasteiger partial charge is 0.378 e. The highest BCUT2D eigenvalue weighted by molar-refractivity contribution is 5.78. The molecule has 1 aliphatic carbocycles. The third-order valence-corrected chi connectivity index (χ3v) is 5.79. The molecule has 1 saturated heterocycles. The predicted molar refractivity (Wildman–Crippen MR) is 105 cm³/mol. The number of amides is 1. The maximum Gasteiger partial charge on any atom is 0.417 e. The fourth-order valence-corrected chi connectivity index (χ4v) is 4.02. The van der Waals surface area contributed by atoms with E-state index in [4.69, 9.17) is 4.74 Å². The molecular weight excluding hydrogens is 383 g/mol. The standard InChI is InChI=1S/C21H30F3N3O2/c22-21(23,24)17-7-8-19(26-15-17)27-12-9-16(10-13-27)20(28)25-11-4-14-29-18-5-2-1-3-6-18/h7-8,15-16,18H,1-6,9-14H2,(H,25,28). The molecule has 0 spiro atoms. The molecule has 29 heavy (non-hydrogen) atoms. The maximum absolute atomic E-state index is 12.6. The summed E-state index contributed by atoms with van der Waals surface area (Å²) in [5.41, 5.74) is -0.747. The van der Waals surface area contributed by atoms with Gasteiger partial charge in [0.1, 0.15) is 5.82 Å². The molecule has 5 nitrogen and oxygen atoms in total. The predicted octanol–water partition coefficient (Wildman–Crippen LogP) is 4.17. The van der Waals surface area contributed by atoms with Crippen molar-refractivity contribution in [1.29, 1.82) is 0 Å². The molecule has 2 fully saturated rings. The second kappa shape index (κ2) is 10.3. The monoisotopic (exact) mass is 413 g/mol. The number of piperidine rings is 1. The molecule has 1 amide bonds. The Labute approximate surface area is 170 Å². The van der Waals surface area contributed by atoms with E-state index in [1.807, 2.05) is 4.90 Å². The number of rotatable bonds is 7. The van der Waals surface area contributed by atoms with Crippen molar-refractivity contribution in [3.8, 4) is 0 Å². The van der Waals surface area contributed by atoms with Crippen LogP contribution in [-0.2, 0) is 15.7 Å². The van der Waals surface area contributed by atoms with E-state index >= 15 is 0 Å². The lowest BCUT2D eigenvalue weighted by molar-refractivity contribution is -0.137. The number of nitrogens with zero attached hydrogens (tertiary/aromatic N) is 2. The Morgan fingerprint density at radius 2 is 1.86 bits per heavy atom. The number of hydrogen-bond donors (Lipinski definition) is 1. The molecule has 3 rings (SSSR count). The van der Waals surface area contributed by atoms with Gasteiger partial charge in [0, 0.05) is 38.4 Å². The highest BCUT2D eigenvalue weighted by atomic mass is 19.4. The van der Waals surface area contributed by atoms with Crippen LogP contribution >= 0.6 is 0 Å². The van der Waals surface area contributed by atoms with Crippen molar-refractivity contribution in [1.82, 2.24) is 10.3 Å². The molecule has 0 atom stereocenters. The van der Waals surface area contributed by atoms with Crippen molar-refractivity contribution < 1.29 is 22.7 Å². The van der Waals surface area contributed by atoms with Crippen molar-refractivity contribution in [3.63, 3.8) is 0 Å². The van der Waals surface area contributed by atoms with Gasteiger partial charge >= 0.3 is 6.18 Å². The molecule has 1 N–H and O–H groups in total. The molecule has 0 unspecified atom stereocenters. The lowest BCUT2D eigenvalue weighted by Gasteiger charge is -2.32. The van der Waals surface area contributed by atoms with Gasteiger partial charge in [-0.2, -0.15) is 13.2 Å². The number of halogens is 3. The van der Waals surface area contributed by atoms with Crippen LogP contribution < -0.4 is 10.2 Å². The lowest BCUT2D eigenvalue weighted by atomic mass is 9.96. The molecule has 0 aromatic carbocycles. The topological polar surface area (TPSA) is 54.5 Å². The molecule has 0 bridgehead atoms. The minimum Gasteiger partial charge on any atom is -0.378 e. The summed E-state index contributed by atoms with van der Waals surface area (Å²) in [5, 5.41) is 2.99. The normalized spacial score (nSPS) is 19.3. The van der Waals surface area contributed by atoms with E-state index in [0.29, 0.717) is 51.0 Å². The van der Waals surface area contributed by atoms with E-state index in [2.05, 4.69) is 10.3 Å². The summed E-state index contributed by atoms with van der Waals surface area (Å²) in [6, 6.07) is 2.45. The number of carbonyl (C=O) groups excluding carboxylic acids is 1. The summed E-state index contributed by atoms with van der Waals surface area (Å²) < 4.78 is 43.8. The molecule has 8 heteroatoms. The van der Waals surface area contributed by atoms with Crippen LogP contribution in [-0.4, -0.2) is 43.2 Å². The second-order valence-corrected chi connectivity index (χ2v) is 7.94. The Hall–Kier alpha value is -1.83. The van der Waals surface area contributed by atoms with E-state index in [1.165, 1.54) is 25.3 Å². The van der Waals surface area contributed by atoms with Crippen LogP contribution in [0.4, 0.5) is 19.0 Å². The third-order valence-electron chi connectivity index (χ3n) is 5.79. The Morgan fingerprint density at radius 3 is 2.48 bits per heavy atom. The molecule has 2 heterocycles. The molecule has 1 aromatic heterocycles. The summed E-state index contributed by atoms with van der Waals surface area (Å²) in [7, 11) is 0. The minimum atomic E-state index is -4.38. The van der Waals surface area contributed by atoms with Gasteiger partial charge in [-0.05, 0) is 44.2 Å². The van der Waals surface area contributed by atoms with Gasteiger partial charge in [0.25, 0.3) is 0 Å².